The lowest BCUT2D eigenvalue weighted by Crippen LogP contribution is -2.70. The van der Waals surface area contributed by atoms with Crippen LogP contribution in [0.25, 0.3) is 0 Å². The molecule has 27 heavy (non-hydrogen) atoms. The fraction of sp³-hybridized carbons (Fsp3) is 0.294. The Morgan fingerprint density at radius 1 is 1.41 bits per heavy atom. The molecule has 0 saturated carbocycles. The molecule has 2 aliphatic heterocycles. The second-order valence-electron chi connectivity index (χ2n) is 6.03. The number of amides is 2. The number of fused-ring (bicyclic) bond motifs is 1. The topological polar surface area (TPSA) is 116 Å². The van der Waals surface area contributed by atoms with Crippen molar-refractivity contribution in [1.29, 1.82) is 0 Å². The normalized spacial score (nSPS) is 22.2. The molecular weight excluding hydrogens is 375 g/mol. The average Bonchev–Trinajstić information content (AvgIpc) is 2.61. The van der Waals surface area contributed by atoms with Crippen molar-refractivity contribution in [3.8, 4) is 0 Å². The molecule has 2 atom stereocenters. The Labute approximate surface area is 158 Å². The Kier molecular flexibility index (Phi) is 5.17. The van der Waals surface area contributed by atoms with Gasteiger partial charge in [0.25, 0.3) is 5.91 Å². The third kappa shape index (κ3) is 3.52. The summed E-state index contributed by atoms with van der Waals surface area (Å²) in [5, 5.41) is 13.5. The van der Waals surface area contributed by atoms with Gasteiger partial charge in [-0.2, -0.15) is 5.10 Å². The molecule has 1 aromatic carbocycles. The first-order valence-electron chi connectivity index (χ1n) is 8.04. The fourth-order valence-electron chi connectivity index (χ4n) is 2.96. The molecule has 3 N–H and O–H groups in total. The number of hydrogen-bond acceptors (Lipinski definition) is 5. The molecule has 2 amide bonds. The van der Waals surface area contributed by atoms with Crippen molar-refractivity contribution in [2.24, 2.45) is 10.8 Å². The highest BCUT2D eigenvalue weighted by molar-refractivity contribution is 8.00. The van der Waals surface area contributed by atoms with Gasteiger partial charge in [0.2, 0.25) is 5.91 Å². The van der Waals surface area contributed by atoms with Gasteiger partial charge in [0, 0.05) is 19.1 Å². The van der Waals surface area contributed by atoms with Crippen molar-refractivity contribution in [1.82, 2.24) is 9.91 Å². The quantitative estimate of drug-likeness (QED) is 0.333. The third-order valence-electron chi connectivity index (χ3n) is 4.15. The van der Waals surface area contributed by atoms with Gasteiger partial charge in [0.15, 0.2) is 11.7 Å². The van der Waals surface area contributed by atoms with Crippen LogP contribution in [-0.2, 0) is 20.8 Å². The molecule has 0 aliphatic carbocycles. The maximum atomic E-state index is 13.8. The fourth-order valence-corrected chi connectivity index (χ4v) is 4.19. The lowest BCUT2D eigenvalue weighted by Gasteiger charge is -2.50. The van der Waals surface area contributed by atoms with E-state index in [0.29, 0.717) is 0 Å². The summed E-state index contributed by atoms with van der Waals surface area (Å²) in [6, 6.07) is 8.20. The molecule has 0 aromatic heterocycles. The number of halogens is 1. The lowest BCUT2D eigenvalue weighted by atomic mass is 10.0. The van der Waals surface area contributed by atoms with E-state index in [-0.39, 0.29) is 18.0 Å². The second kappa shape index (κ2) is 7.39. The van der Waals surface area contributed by atoms with Crippen LogP contribution in [0.2, 0.25) is 0 Å². The third-order valence-corrected chi connectivity index (χ3v) is 5.38. The molecule has 1 unspecified atom stereocenters. The molecular formula is C17H17FN4O4S. The van der Waals surface area contributed by atoms with E-state index in [1.54, 1.807) is 0 Å². The van der Waals surface area contributed by atoms with Crippen molar-refractivity contribution in [2.45, 2.75) is 24.8 Å². The number of nitrogens with two attached hydrogens (primary N) is 1. The SMILES string of the molecule is CC(=O)N(N=C(N)Cc1ccccc1)C1C(=O)N2C(C(=O)O)=C(F)CS[C@H]12. The summed E-state index contributed by atoms with van der Waals surface area (Å²) < 4.78 is 13.8. The predicted octanol–water partition coefficient (Wildman–Crippen LogP) is 0.899. The highest BCUT2D eigenvalue weighted by Crippen LogP contribution is 2.42. The molecule has 142 valence electrons. The van der Waals surface area contributed by atoms with Crippen LogP contribution in [0.3, 0.4) is 0 Å². The van der Waals surface area contributed by atoms with E-state index < -0.39 is 40.7 Å². The summed E-state index contributed by atoms with van der Waals surface area (Å²) in [6.07, 6.45) is 0.280. The van der Waals surface area contributed by atoms with E-state index in [4.69, 9.17) is 10.8 Å². The van der Waals surface area contributed by atoms with Crippen LogP contribution in [0, 0.1) is 0 Å². The summed E-state index contributed by atoms with van der Waals surface area (Å²) in [5.74, 6) is -3.68. The van der Waals surface area contributed by atoms with Gasteiger partial charge >= 0.3 is 5.97 Å². The van der Waals surface area contributed by atoms with Crippen LogP contribution in [0.1, 0.15) is 12.5 Å². The largest absolute Gasteiger partial charge is 0.476 e. The number of rotatable bonds is 5. The highest BCUT2D eigenvalue weighted by Gasteiger charge is 2.57. The molecule has 1 saturated heterocycles. The standard InChI is InChI=1S/C17H17FN4O4S/c1-9(23)22(20-12(19)7-10-5-3-2-4-6-10)14-15(24)21-13(17(25)26)11(18)8-27-16(14)21/h2-6,14,16H,7-8H2,1H3,(H2,19,20)(H,25,26)/t14?,16-/m1/s1. The summed E-state index contributed by atoms with van der Waals surface area (Å²) >= 11 is 1.04. The van der Waals surface area contributed by atoms with Gasteiger partial charge < -0.3 is 10.8 Å². The molecule has 10 heteroatoms. The summed E-state index contributed by atoms with van der Waals surface area (Å²) in [4.78, 5) is 36.7. The number of amidine groups is 1. The minimum absolute atomic E-state index is 0.128. The first-order valence-corrected chi connectivity index (χ1v) is 9.09. The molecule has 2 aliphatic rings. The number of aliphatic carboxylic acids is 1. The van der Waals surface area contributed by atoms with Gasteiger partial charge in [-0.1, -0.05) is 30.3 Å². The van der Waals surface area contributed by atoms with Gasteiger partial charge in [-0.05, 0) is 5.56 Å². The van der Waals surface area contributed by atoms with Crippen molar-refractivity contribution in [2.75, 3.05) is 5.75 Å². The Hall–Kier alpha value is -2.88. The van der Waals surface area contributed by atoms with Crippen molar-refractivity contribution >= 4 is 35.4 Å². The molecule has 3 rings (SSSR count). The number of carbonyl (C=O) groups excluding carboxylic acids is 2. The Morgan fingerprint density at radius 2 is 2.07 bits per heavy atom. The van der Waals surface area contributed by atoms with Crippen molar-refractivity contribution in [3.63, 3.8) is 0 Å². The van der Waals surface area contributed by atoms with Crippen molar-refractivity contribution < 1.29 is 23.9 Å². The maximum Gasteiger partial charge on any atom is 0.355 e. The monoisotopic (exact) mass is 392 g/mol. The van der Waals surface area contributed by atoms with E-state index in [1.165, 1.54) is 6.92 Å². The number of carbonyl (C=O) groups is 3. The van der Waals surface area contributed by atoms with Crippen LogP contribution < -0.4 is 5.73 Å². The lowest BCUT2D eigenvalue weighted by molar-refractivity contribution is -0.159. The number of β-lactam (4-membered cyclic amide) rings is 1. The van der Waals surface area contributed by atoms with Crippen LogP contribution in [0.5, 0.6) is 0 Å². The molecule has 2 heterocycles. The zero-order valence-corrected chi connectivity index (χ0v) is 15.1. The number of carboxylic acids is 1. The Bertz CT molecular complexity index is 858. The van der Waals surface area contributed by atoms with E-state index in [0.717, 1.165) is 27.2 Å². The van der Waals surface area contributed by atoms with Crippen LogP contribution in [0.4, 0.5) is 4.39 Å². The van der Waals surface area contributed by atoms with Gasteiger partial charge in [-0.25, -0.2) is 14.2 Å². The van der Waals surface area contributed by atoms with E-state index in [9.17, 15) is 18.8 Å². The van der Waals surface area contributed by atoms with E-state index >= 15 is 0 Å². The first kappa shape index (κ1) is 18.9. The maximum absolute atomic E-state index is 13.8. The minimum Gasteiger partial charge on any atom is -0.476 e. The number of carboxylic acid groups (broad SMARTS) is 1. The van der Waals surface area contributed by atoms with Gasteiger partial charge in [0.1, 0.15) is 17.0 Å². The zero-order chi connectivity index (χ0) is 19.7. The van der Waals surface area contributed by atoms with E-state index in [2.05, 4.69) is 5.10 Å². The minimum atomic E-state index is -1.52. The zero-order valence-electron chi connectivity index (χ0n) is 14.3. The van der Waals surface area contributed by atoms with Gasteiger partial charge in [-0.3, -0.25) is 14.5 Å². The van der Waals surface area contributed by atoms with Crippen molar-refractivity contribution in [3.05, 3.63) is 47.4 Å². The Morgan fingerprint density at radius 3 is 2.67 bits per heavy atom. The van der Waals surface area contributed by atoms with E-state index in [1.807, 2.05) is 30.3 Å². The smallest absolute Gasteiger partial charge is 0.355 e. The first-order chi connectivity index (χ1) is 12.8. The van der Waals surface area contributed by atoms with Gasteiger partial charge in [0.05, 0.1) is 0 Å². The molecule has 0 spiro atoms. The molecule has 8 nitrogen and oxygen atoms in total. The molecule has 0 bridgehead atoms. The molecule has 0 radical (unpaired) electrons. The van der Waals surface area contributed by atoms with Crippen LogP contribution in [0.15, 0.2) is 47.0 Å². The summed E-state index contributed by atoms with van der Waals surface area (Å²) in [5.41, 5.74) is 6.14. The Balaban J connectivity index is 1.83. The predicted molar refractivity (Wildman–Crippen MR) is 96.9 cm³/mol. The second-order valence-corrected chi connectivity index (χ2v) is 7.14. The summed E-state index contributed by atoms with van der Waals surface area (Å²) in [6.45, 7) is 1.23. The van der Waals surface area contributed by atoms with Gasteiger partial charge in [-0.15, -0.1) is 11.8 Å². The number of nitrogens with zero attached hydrogens (tertiary/aromatic N) is 3. The summed E-state index contributed by atoms with van der Waals surface area (Å²) in [7, 11) is 0. The molecule has 1 fully saturated rings. The highest BCUT2D eigenvalue weighted by atomic mass is 32.2. The number of hydrazone groups is 1. The number of thioether (sulfide) groups is 1. The molecule has 1 aromatic rings. The van der Waals surface area contributed by atoms with Crippen LogP contribution >= 0.6 is 11.8 Å². The number of hydrogen-bond donors (Lipinski definition) is 2. The van der Waals surface area contributed by atoms with Crippen LogP contribution in [-0.4, -0.2) is 55.8 Å². The average molecular weight is 392 g/mol. The number of benzene rings is 1.